The molecular formula is C64H91ClN6O17S. The summed E-state index contributed by atoms with van der Waals surface area (Å²) in [6.07, 6.45) is 2.15. The first-order valence-corrected chi connectivity index (χ1v) is 32.1. The predicted molar refractivity (Wildman–Crippen MR) is 332 cm³/mol. The van der Waals surface area contributed by atoms with Crippen LogP contribution in [0.2, 0.25) is 5.02 Å². The number of nitrogens with one attached hydrogen (secondary N) is 5. The maximum Gasteiger partial charge on any atom is 0.328 e. The predicted octanol–water partition coefficient (Wildman–Crippen LogP) is 5.84. The summed E-state index contributed by atoms with van der Waals surface area (Å²) in [6, 6.07) is 8.78. The number of ether oxygens (including phenoxy) is 4. The number of hydrogen-bond donors (Lipinski definition) is 6. The molecule has 0 aliphatic carbocycles. The molecule has 2 aromatic carbocycles. The third kappa shape index (κ3) is 25.1. The Hall–Kier alpha value is -7.02. The second-order valence-corrected chi connectivity index (χ2v) is 27.0. The molecule has 0 radical (unpaired) electrons. The molecule has 0 spiro atoms. The third-order valence-corrected chi connectivity index (χ3v) is 16.9. The minimum atomic E-state index is -4.31. The second kappa shape index (κ2) is 34.3. The Labute approximate surface area is 528 Å². The van der Waals surface area contributed by atoms with Crippen LogP contribution in [0, 0.1) is 28.6 Å². The number of halogens is 1. The highest BCUT2D eigenvalue weighted by molar-refractivity contribution is 7.85. The lowest BCUT2D eigenvalue weighted by Gasteiger charge is -2.35. The summed E-state index contributed by atoms with van der Waals surface area (Å²) in [7, 11) is -2.83. The molecule has 6 amide bonds. The summed E-state index contributed by atoms with van der Waals surface area (Å²) in [5.41, 5.74) is 0.647. The van der Waals surface area contributed by atoms with Crippen molar-refractivity contribution in [3.63, 3.8) is 0 Å². The van der Waals surface area contributed by atoms with Gasteiger partial charge in [-0.25, -0.2) is 4.79 Å². The fraction of sp³-hybridized carbons (Fsp3) is 0.594. The van der Waals surface area contributed by atoms with Crippen LogP contribution in [0.15, 0.2) is 67.3 Å². The molecule has 9 atom stereocenters. The van der Waals surface area contributed by atoms with E-state index in [1.807, 2.05) is 52.0 Å². The smallest absolute Gasteiger partial charge is 0.328 e. The van der Waals surface area contributed by atoms with Gasteiger partial charge in [-0.05, 0) is 86.8 Å². The molecule has 0 aromatic heterocycles. The van der Waals surface area contributed by atoms with Crippen molar-refractivity contribution in [1.29, 1.82) is 0 Å². The Morgan fingerprint density at radius 1 is 0.910 bits per heavy atom. The van der Waals surface area contributed by atoms with Gasteiger partial charge in [0.1, 0.15) is 42.4 Å². The number of amides is 6. The topological polar surface area (TPSA) is 329 Å². The Morgan fingerprint density at radius 2 is 1.57 bits per heavy atom. The van der Waals surface area contributed by atoms with Gasteiger partial charge in [0.05, 0.1) is 41.9 Å². The third-order valence-electron chi connectivity index (χ3n) is 15.9. The number of nitrogens with zero attached hydrogens (tertiary/aromatic N) is 1. The van der Waals surface area contributed by atoms with Crippen molar-refractivity contribution in [1.82, 2.24) is 31.5 Å². The number of benzene rings is 2. The zero-order valence-electron chi connectivity index (χ0n) is 53.1. The number of hydrogen-bond acceptors (Lipinski definition) is 16. The monoisotopic (exact) mass is 1280 g/mol. The van der Waals surface area contributed by atoms with Gasteiger partial charge in [0, 0.05) is 82.5 Å². The number of rotatable bonds is 30. The molecule has 23 nitrogen and oxygen atoms in total. The van der Waals surface area contributed by atoms with Gasteiger partial charge in [0.2, 0.25) is 35.4 Å². The maximum atomic E-state index is 14.3. The number of epoxide rings is 1. The molecule has 1 saturated heterocycles. The maximum absolute atomic E-state index is 14.3. The number of esters is 2. The SMILES string of the molecule is C=CCOC(=O)CCN(CCC(=O)C[C@H](C(=O)N[C@@H](C)C(=O)CCc1ccc([C@H]2O[C@@H]2[C@@H](C)[C@@H]2C/C=C/C(=O)N[C@H](Cc3ccc(OC)c(Cl)c3)C(=O)N[C@@H](C)C(C)(C)C(=O)N[C@@H](CC(C)(C)C)C(=O)O2)cc1)C(C)C)C(=O)CCC(=O)NCCS(=O)(=O)O. The Morgan fingerprint density at radius 3 is 2.19 bits per heavy atom. The van der Waals surface area contributed by atoms with Crippen LogP contribution in [0.1, 0.15) is 143 Å². The van der Waals surface area contributed by atoms with Crippen LogP contribution < -0.4 is 31.3 Å². The molecule has 0 unspecified atom stereocenters. The van der Waals surface area contributed by atoms with E-state index < -0.39 is 122 Å². The largest absolute Gasteiger partial charge is 0.495 e. The van der Waals surface area contributed by atoms with Crippen LogP contribution in [0.3, 0.4) is 0 Å². The van der Waals surface area contributed by atoms with E-state index in [4.69, 9.17) is 35.1 Å². The normalized spacial score (nSPS) is 21.3. The van der Waals surface area contributed by atoms with E-state index in [0.717, 1.165) is 11.1 Å². The Balaban J connectivity index is 1.39. The van der Waals surface area contributed by atoms with E-state index >= 15 is 0 Å². The molecular weight excluding hydrogens is 1190 g/mol. The van der Waals surface area contributed by atoms with Gasteiger partial charge >= 0.3 is 11.9 Å². The van der Waals surface area contributed by atoms with Gasteiger partial charge in [-0.1, -0.05) is 102 Å². The minimum absolute atomic E-state index is 0.0512. The summed E-state index contributed by atoms with van der Waals surface area (Å²) < 4.78 is 53.7. The first-order valence-electron chi connectivity index (χ1n) is 30.1. The number of carbonyl (C=O) groups excluding carboxylic acids is 10. The van der Waals surface area contributed by atoms with Gasteiger partial charge in [-0.15, -0.1) is 0 Å². The van der Waals surface area contributed by atoms with Gasteiger partial charge in [-0.3, -0.25) is 47.7 Å². The van der Waals surface area contributed by atoms with Crippen molar-refractivity contribution in [3.8, 4) is 5.75 Å². The van der Waals surface area contributed by atoms with E-state index in [1.54, 1.807) is 65.8 Å². The highest BCUT2D eigenvalue weighted by Crippen LogP contribution is 2.45. The van der Waals surface area contributed by atoms with Gasteiger partial charge in [-0.2, -0.15) is 8.42 Å². The minimum Gasteiger partial charge on any atom is -0.495 e. The molecule has 0 saturated carbocycles. The van der Waals surface area contributed by atoms with Crippen LogP contribution in [0.5, 0.6) is 5.75 Å². The number of carbonyl (C=O) groups is 10. The standard InChI is InChI=1S/C64H91ClN6O17S/c1-13-32-86-56(77)28-31-71(55(76)26-25-53(74)66-29-33-89(82,83)84)30-27-45(72)36-46(38(2)3)59(78)67-40(5)50(73)23-19-42-17-21-44(22-18-42)58-57(88-58)39(4)51-15-14-16-54(75)69-48(35-43-20-24-52(85-12)47(65)34-43)60(79)68-41(6)64(10,11)62(81)70-49(61(80)87-51)37-63(7,8)9/h13-14,16-18,20-22,24,34,38-41,46,48-49,51,57-58H,1,15,19,23,25-33,35-37H2,2-12H3,(H,66,74)(H,67,78)(H,68,79)(H,69,75)(H,70,81)(H,82,83,84)/b16-14+/t39-,40-,41-,46-,48+,49-,51-,57+,58+/m0/s1. The molecule has 2 aliphatic rings. The van der Waals surface area contributed by atoms with Crippen molar-refractivity contribution in [2.24, 2.45) is 28.6 Å². The van der Waals surface area contributed by atoms with Crippen molar-refractivity contribution >= 4 is 80.7 Å². The van der Waals surface area contributed by atoms with Crippen molar-refractivity contribution in [3.05, 3.63) is 89.0 Å². The summed E-state index contributed by atoms with van der Waals surface area (Å²) in [5.74, 6) is -7.05. The molecule has 6 N–H and O–H groups in total. The van der Waals surface area contributed by atoms with Crippen molar-refractivity contribution in [2.45, 2.75) is 176 Å². The van der Waals surface area contributed by atoms with E-state index in [-0.39, 0.29) is 108 Å². The number of aryl methyl sites for hydroxylation is 1. The Bertz CT molecular complexity index is 3000. The van der Waals surface area contributed by atoms with Crippen LogP contribution in [-0.2, 0) is 85.1 Å². The molecule has 4 rings (SSSR count). The van der Waals surface area contributed by atoms with E-state index in [1.165, 1.54) is 24.2 Å². The number of methoxy groups -OCH3 is 1. The molecule has 2 aromatic rings. The summed E-state index contributed by atoms with van der Waals surface area (Å²) in [6.45, 7) is 20.6. The molecule has 89 heavy (non-hydrogen) atoms. The zero-order valence-corrected chi connectivity index (χ0v) is 54.6. The molecule has 2 aliphatic heterocycles. The molecule has 1 fully saturated rings. The Kier molecular flexibility index (Phi) is 28.6. The fourth-order valence-electron chi connectivity index (χ4n) is 9.85. The molecule has 25 heteroatoms. The van der Waals surface area contributed by atoms with Gasteiger partial charge < -0.3 is 50.4 Å². The summed E-state index contributed by atoms with van der Waals surface area (Å²) in [4.78, 5) is 135. The van der Waals surface area contributed by atoms with Crippen LogP contribution in [0.25, 0.3) is 0 Å². The molecule has 0 bridgehead atoms. The summed E-state index contributed by atoms with van der Waals surface area (Å²) in [5, 5.41) is 14.0. The highest BCUT2D eigenvalue weighted by atomic mass is 35.5. The number of Topliss-reactive ketones (excluding diaryl/α,β-unsaturated/α-hetero) is 2. The average molecular weight is 1280 g/mol. The average Bonchev–Trinajstić information content (AvgIpc) is 1.88. The lowest BCUT2D eigenvalue weighted by Crippen LogP contribution is -2.58. The number of cyclic esters (lactones) is 1. The second-order valence-electron chi connectivity index (χ2n) is 25.0. The first-order chi connectivity index (χ1) is 41.6. The van der Waals surface area contributed by atoms with Crippen LogP contribution >= 0.6 is 11.6 Å². The van der Waals surface area contributed by atoms with E-state index in [0.29, 0.717) is 22.8 Å². The van der Waals surface area contributed by atoms with Crippen molar-refractivity contribution in [2.75, 3.05) is 39.1 Å². The fourth-order valence-corrected chi connectivity index (χ4v) is 10.5. The number of ketones is 2. The molecule has 2 heterocycles. The van der Waals surface area contributed by atoms with Crippen LogP contribution in [-0.4, -0.2) is 152 Å². The van der Waals surface area contributed by atoms with Crippen molar-refractivity contribution < 1.29 is 79.9 Å². The highest BCUT2D eigenvalue weighted by Gasteiger charge is 2.48. The van der Waals surface area contributed by atoms with E-state index in [2.05, 4.69) is 33.2 Å². The van der Waals surface area contributed by atoms with Crippen LogP contribution in [0.4, 0.5) is 0 Å². The lowest BCUT2D eigenvalue weighted by atomic mass is 9.82. The zero-order chi connectivity index (χ0) is 66.6. The first kappa shape index (κ1) is 74.4. The molecule has 492 valence electrons. The summed E-state index contributed by atoms with van der Waals surface area (Å²) >= 11 is 6.42. The lowest BCUT2D eigenvalue weighted by molar-refractivity contribution is -0.157. The van der Waals surface area contributed by atoms with Gasteiger partial charge in [0.15, 0.2) is 5.78 Å². The van der Waals surface area contributed by atoms with E-state index in [9.17, 15) is 56.4 Å². The van der Waals surface area contributed by atoms with Gasteiger partial charge in [0.25, 0.3) is 10.1 Å². The quantitative estimate of drug-likeness (QED) is 0.0232.